The Morgan fingerprint density at radius 2 is 1.80 bits per heavy atom. The number of methoxy groups -OCH3 is 1. The largest absolute Gasteiger partial charge is 0.495 e. The zero-order valence-corrected chi connectivity index (χ0v) is 18.0. The van der Waals surface area contributed by atoms with Crippen LogP contribution < -0.4 is 23.5 Å². The Kier molecular flexibility index (Phi) is 6.89. The van der Waals surface area contributed by atoms with E-state index in [4.69, 9.17) is 16.5 Å². The maximum Gasteiger partial charge on any atom is 0.387 e. The molecular weight excluding hydrogens is 440 g/mol. The number of halogens is 3. The van der Waals surface area contributed by atoms with E-state index >= 15 is 0 Å². The molecule has 0 aliphatic carbocycles. The second-order valence-electron chi connectivity index (χ2n) is 6.64. The number of piperazine rings is 1. The van der Waals surface area contributed by atoms with E-state index in [2.05, 4.69) is 10.1 Å². The Morgan fingerprint density at radius 3 is 2.43 bits per heavy atom. The molecule has 1 aliphatic rings. The summed E-state index contributed by atoms with van der Waals surface area (Å²) in [6.07, 6.45) is 0. The van der Waals surface area contributed by atoms with Crippen LogP contribution in [0.3, 0.4) is 0 Å². The molecule has 11 heteroatoms. The second kappa shape index (κ2) is 9.23. The van der Waals surface area contributed by atoms with Gasteiger partial charge in [-0.1, -0.05) is 6.07 Å². The lowest BCUT2D eigenvalue weighted by molar-refractivity contribution is -0.0494. The summed E-state index contributed by atoms with van der Waals surface area (Å²) >= 11 is 6.17. The molecule has 0 radical (unpaired) electrons. The number of rotatable bonds is 7. The van der Waals surface area contributed by atoms with Crippen LogP contribution in [0.25, 0.3) is 0 Å². The van der Waals surface area contributed by atoms with E-state index in [-0.39, 0.29) is 16.3 Å². The fraction of sp³-hybridized carbons (Fsp3) is 0.368. The topological polar surface area (TPSA) is 71.1 Å². The molecule has 0 amide bonds. The SMILES string of the molecule is COc1ccc(S(=O)(=O)N(Cl)c2cc(C)ccc2OC(F)F)cc1N1CCNCC1. The summed E-state index contributed by atoms with van der Waals surface area (Å²) in [4.78, 5) is 1.90. The normalized spacial score (nSPS) is 14.7. The molecule has 1 aliphatic heterocycles. The van der Waals surface area contributed by atoms with E-state index in [1.807, 2.05) is 4.90 Å². The van der Waals surface area contributed by atoms with Crippen LogP contribution in [0, 0.1) is 6.92 Å². The van der Waals surface area contributed by atoms with Crippen molar-refractivity contribution in [1.29, 1.82) is 0 Å². The van der Waals surface area contributed by atoms with Crippen molar-refractivity contribution in [3.63, 3.8) is 0 Å². The number of nitrogens with zero attached hydrogens (tertiary/aromatic N) is 2. The van der Waals surface area contributed by atoms with E-state index in [0.29, 0.717) is 33.9 Å². The summed E-state index contributed by atoms with van der Waals surface area (Å²) < 4.78 is 62.2. The first-order valence-electron chi connectivity index (χ1n) is 9.14. The molecule has 1 N–H and O–H groups in total. The van der Waals surface area contributed by atoms with Crippen LogP contribution in [0.2, 0.25) is 0 Å². The Bertz CT molecular complexity index is 1000. The van der Waals surface area contributed by atoms with Crippen LogP contribution in [0.5, 0.6) is 11.5 Å². The molecule has 30 heavy (non-hydrogen) atoms. The number of sulfonamides is 1. The number of nitrogens with one attached hydrogen (secondary N) is 1. The van der Waals surface area contributed by atoms with Gasteiger partial charge in [-0.2, -0.15) is 21.0 Å². The van der Waals surface area contributed by atoms with Gasteiger partial charge in [0.25, 0.3) is 10.0 Å². The molecule has 0 aromatic heterocycles. The Hall–Kier alpha value is -2.30. The summed E-state index contributed by atoms with van der Waals surface area (Å²) in [7, 11) is -2.77. The monoisotopic (exact) mass is 461 g/mol. The number of ether oxygens (including phenoxy) is 2. The minimum Gasteiger partial charge on any atom is -0.495 e. The molecule has 3 rings (SSSR count). The van der Waals surface area contributed by atoms with Gasteiger partial charge in [0.15, 0.2) is 5.75 Å². The van der Waals surface area contributed by atoms with E-state index in [0.717, 1.165) is 13.1 Å². The van der Waals surface area contributed by atoms with Crippen molar-refractivity contribution in [3.05, 3.63) is 42.0 Å². The van der Waals surface area contributed by atoms with Gasteiger partial charge in [-0.15, -0.1) is 0 Å². The van der Waals surface area contributed by atoms with Gasteiger partial charge in [-0.05, 0) is 42.8 Å². The zero-order valence-electron chi connectivity index (χ0n) is 16.4. The smallest absolute Gasteiger partial charge is 0.387 e. The van der Waals surface area contributed by atoms with Gasteiger partial charge in [0.2, 0.25) is 0 Å². The van der Waals surface area contributed by atoms with Crippen LogP contribution in [0.4, 0.5) is 20.2 Å². The molecule has 1 saturated heterocycles. The van der Waals surface area contributed by atoms with Crippen molar-refractivity contribution >= 4 is 33.2 Å². The Morgan fingerprint density at radius 1 is 1.13 bits per heavy atom. The molecule has 0 atom stereocenters. The summed E-state index contributed by atoms with van der Waals surface area (Å²) in [6.45, 7) is 1.41. The summed E-state index contributed by atoms with van der Waals surface area (Å²) in [5.41, 5.74) is 1.04. The minimum absolute atomic E-state index is 0.101. The molecule has 0 bridgehead atoms. The van der Waals surface area contributed by atoms with Crippen LogP contribution in [0.15, 0.2) is 41.3 Å². The van der Waals surface area contributed by atoms with Gasteiger partial charge in [0.05, 0.1) is 17.7 Å². The third kappa shape index (κ3) is 4.71. The van der Waals surface area contributed by atoms with Gasteiger partial charge < -0.3 is 19.7 Å². The van der Waals surface area contributed by atoms with Crippen molar-refractivity contribution in [3.8, 4) is 11.5 Å². The molecule has 1 fully saturated rings. The number of hydrogen-bond donors (Lipinski definition) is 1. The van der Waals surface area contributed by atoms with Gasteiger partial charge >= 0.3 is 6.61 Å². The maximum atomic E-state index is 13.2. The first kappa shape index (κ1) is 22.4. The van der Waals surface area contributed by atoms with Gasteiger partial charge in [-0.3, -0.25) is 0 Å². The fourth-order valence-corrected chi connectivity index (χ4v) is 4.62. The van der Waals surface area contributed by atoms with E-state index in [1.54, 1.807) is 13.0 Å². The van der Waals surface area contributed by atoms with Gasteiger partial charge in [0, 0.05) is 38.0 Å². The van der Waals surface area contributed by atoms with Crippen molar-refractivity contribution in [1.82, 2.24) is 5.32 Å². The molecule has 0 unspecified atom stereocenters. The standard InChI is InChI=1S/C19H22ClF2N3O4S/c1-13-3-5-18(29-19(21)22)16(11-13)25(20)30(26,27)14-4-6-17(28-2)15(12-14)24-9-7-23-8-10-24/h3-6,11-12,19,23H,7-10H2,1-2H3. The molecule has 0 spiro atoms. The van der Waals surface area contributed by atoms with Crippen molar-refractivity contribution in [2.75, 3.05) is 42.0 Å². The molecule has 2 aromatic carbocycles. The number of hydrogen-bond acceptors (Lipinski definition) is 6. The minimum atomic E-state index is -4.28. The predicted octanol–water partition coefficient (Wildman–Crippen LogP) is 3.36. The maximum absolute atomic E-state index is 13.2. The van der Waals surface area contributed by atoms with Crippen molar-refractivity contribution in [2.24, 2.45) is 0 Å². The first-order chi connectivity index (χ1) is 14.2. The average Bonchev–Trinajstić information content (AvgIpc) is 2.74. The highest BCUT2D eigenvalue weighted by molar-refractivity contribution is 7.94. The lowest BCUT2D eigenvalue weighted by Gasteiger charge is -2.31. The number of aryl methyl sites for hydroxylation is 1. The van der Waals surface area contributed by atoms with Crippen LogP contribution in [-0.2, 0) is 10.0 Å². The van der Waals surface area contributed by atoms with E-state index in [9.17, 15) is 17.2 Å². The van der Waals surface area contributed by atoms with Gasteiger partial charge in [0.1, 0.15) is 11.4 Å². The molecular formula is C19H22ClF2N3O4S. The van der Waals surface area contributed by atoms with Crippen molar-refractivity contribution < 1.29 is 26.7 Å². The summed E-state index contributed by atoms with van der Waals surface area (Å²) in [6, 6.07) is 8.51. The summed E-state index contributed by atoms with van der Waals surface area (Å²) in [5, 5.41) is 3.23. The number of benzene rings is 2. The fourth-order valence-electron chi connectivity index (χ4n) is 3.17. The quantitative estimate of drug-likeness (QED) is 0.637. The zero-order chi connectivity index (χ0) is 21.9. The number of alkyl halides is 2. The lowest BCUT2D eigenvalue weighted by Crippen LogP contribution is -2.43. The highest BCUT2D eigenvalue weighted by Gasteiger charge is 2.29. The average molecular weight is 462 g/mol. The Labute approximate surface area is 179 Å². The number of anilines is 2. The third-order valence-electron chi connectivity index (χ3n) is 4.64. The van der Waals surface area contributed by atoms with E-state index < -0.39 is 16.6 Å². The Balaban J connectivity index is 2.02. The van der Waals surface area contributed by atoms with Crippen LogP contribution in [-0.4, -0.2) is 48.3 Å². The molecule has 7 nitrogen and oxygen atoms in total. The molecule has 2 aromatic rings. The highest BCUT2D eigenvalue weighted by Crippen LogP contribution is 2.38. The van der Waals surface area contributed by atoms with Crippen LogP contribution in [0.1, 0.15) is 5.56 Å². The lowest BCUT2D eigenvalue weighted by atomic mass is 10.2. The van der Waals surface area contributed by atoms with E-state index in [1.165, 1.54) is 37.4 Å². The predicted molar refractivity (Wildman–Crippen MR) is 111 cm³/mol. The van der Waals surface area contributed by atoms with Gasteiger partial charge in [-0.25, -0.2) is 0 Å². The third-order valence-corrected chi connectivity index (χ3v) is 6.83. The second-order valence-corrected chi connectivity index (χ2v) is 8.97. The van der Waals surface area contributed by atoms with Crippen molar-refractivity contribution in [2.45, 2.75) is 18.4 Å². The summed E-state index contributed by atoms with van der Waals surface area (Å²) in [5.74, 6) is 0.180. The highest BCUT2D eigenvalue weighted by atomic mass is 35.5. The molecule has 1 heterocycles. The molecule has 0 saturated carbocycles. The molecule has 164 valence electrons. The van der Waals surface area contributed by atoms with Crippen LogP contribution >= 0.6 is 11.8 Å². The first-order valence-corrected chi connectivity index (χ1v) is 10.9.